The molecule has 0 radical (unpaired) electrons. The van der Waals surface area contributed by atoms with Crippen molar-refractivity contribution < 1.29 is 14.4 Å². The van der Waals surface area contributed by atoms with Crippen LogP contribution in [0.5, 0.6) is 0 Å². The minimum absolute atomic E-state index is 0.0576. The summed E-state index contributed by atoms with van der Waals surface area (Å²) >= 11 is 1.61. The molecule has 2 N–H and O–H groups in total. The summed E-state index contributed by atoms with van der Waals surface area (Å²) in [4.78, 5) is 36.7. The monoisotopic (exact) mass is 356 g/mol. The van der Waals surface area contributed by atoms with Crippen molar-refractivity contribution in [3.05, 3.63) is 59.7 Å². The number of carbonyl (C=O) groups excluding carboxylic acids is 3. The smallest absolute Gasteiger partial charge is 0.251 e. The topological polar surface area (TPSA) is 75.3 Å². The van der Waals surface area contributed by atoms with E-state index >= 15 is 0 Å². The first kappa shape index (κ1) is 18.7. The third-order valence-electron chi connectivity index (χ3n) is 3.65. The zero-order valence-corrected chi connectivity index (χ0v) is 15.0. The zero-order chi connectivity index (χ0) is 18.2. The van der Waals surface area contributed by atoms with Crippen molar-refractivity contribution in [3.63, 3.8) is 0 Å². The molecule has 0 aliphatic carbocycles. The summed E-state index contributed by atoms with van der Waals surface area (Å²) in [6.45, 7) is 0. The molecule has 6 heteroatoms. The van der Waals surface area contributed by atoms with Gasteiger partial charge in [0.15, 0.2) is 5.78 Å². The van der Waals surface area contributed by atoms with Crippen molar-refractivity contribution in [2.45, 2.75) is 17.7 Å². The third kappa shape index (κ3) is 5.46. The molecular weight excluding hydrogens is 336 g/mol. The van der Waals surface area contributed by atoms with Crippen molar-refractivity contribution in [2.75, 3.05) is 18.6 Å². The molecule has 0 aromatic heterocycles. The van der Waals surface area contributed by atoms with Gasteiger partial charge in [-0.3, -0.25) is 14.4 Å². The summed E-state index contributed by atoms with van der Waals surface area (Å²) < 4.78 is 0. The fourth-order valence-electron chi connectivity index (χ4n) is 2.22. The molecule has 2 aromatic carbocycles. The second kappa shape index (κ2) is 9.03. The number of hydrogen-bond donors (Lipinski definition) is 2. The molecular formula is C19H20N2O3S. The Morgan fingerprint density at radius 2 is 1.48 bits per heavy atom. The van der Waals surface area contributed by atoms with Crippen molar-refractivity contribution in [3.8, 4) is 0 Å². The summed E-state index contributed by atoms with van der Waals surface area (Å²) in [6.07, 6.45) is 2.24. The highest BCUT2D eigenvalue weighted by molar-refractivity contribution is 7.98. The molecule has 2 rings (SSSR count). The lowest BCUT2D eigenvalue weighted by atomic mass is 10.1. The molecule has 0 bridgehead atoms. The Labute approximate surface area is 151 Å². The maximum atomic E-state index is 12.1. The van der Waals surface area contributed by atoms with E-state index in [0.29, 0.717) is 16.8 Å². The van der Waals surface area contributed by atoms with Crippen molar-refractivity contribution in [1.29, 1.82) is 0 Å². The maximum absolute atomic E-state index is 12.1. The Bertz CT molecular complexity index is 755. The number of nitrogens with one attached hydrogen (secondary N) is 2. The molecule has 0 saturated heterocycles. The largest absolute Gasteiger partial charge is 0.355 e. The highest BCUT2D eigenvalue weighted by atomic mass is 32.2. The number of anilines is 1. The van der Waals surface area contributed by atoms with Gasteiger partial charge < -0.3 is 10.6 Å². The second-order valence-electron chi connectivity index (χ2n) is 5.36. The Morgan fingerprint density at radius 3 is 2.04 bits per heavy atom. The van der Waals surface area contributed by atoms with E-state index in [9.17, 15) is 14.4 Å². The predicted octanol–water partition coefficient (Wildman–Crippen LogP) is 3.37. The maximum Gasteiger partial charge on any atom is 0.251 e. The highest BCUT2D eigenvalue weighted by Gasteiger charge is 2.10. The Hall–Kier alpha value is -2.60. The van der Waals surface area contributed by atoms with Crippen LogP contribution in [0, 0.1) is 0 Å². The number of ketones is 1. The molecule has 0 aliphatic heterocycles. The van der Waals surface area contributed by atoms with Crippen LogP contribution in [-0.4, -0.2) is 30.9 Å². The van der Waals surface area contributed by atoms with Gasteiger partial charge in [0.1, 0.15) is 0 Å². The van der Waals surface area contributed by atoms with E-state index in [4.69, 9.17) is 0 Å². The van der Waals surface area contributed by atoms with E-state index in [2.05, 4.69) is 10.6 Å². The van der Waals surface area contributed by atoms with Gasteiger partial charge in [0.25, 0.3) is 5.91 Å². The molecule has 5 nitrogen and oxygen atoms in total. The van der Waals surface area contributed by atoms with Crippen molar-refractivity contribution in [2.24, 2.45) is 0 Å². The van der Waals surface area contributed by atoms with Crippen LogP contribution in [0.2, 0.25) is 0 Å². The first-order valence-electron chi connectivity index (χ1n) is 7.82. The van der Waals surface area contributed by atoms with Crippen LogP contribution in [0.1, 0.15) is 33.6 Å². The zero-order valence-electron chi connectivity index (χ0n) is 14.2. The van der Waals surface area contributed by atoms with Crippen molar-refractivity contribution >= 4 is 35.0 Å². The van der Waals surface area contributed by atoms with E-state index in [1.54, 1.807) is 55.2 Å². The summed E-state index contributed by atoms with van der Waals surface area (Å²) in [5.74, 6) is -0.476. The SMILES string of the molecule is CNC(=O)c1ccc(NC(=O)CCC(=O)c2ccc(SC)cc2)cc1. The number of hydrogen-bond acceptors (Lipinski definition) is 4. The van der Waals surface area contributed by atoms with Gasteiger partial charge in [0.2, 0.25) is 5.91 Å². The number of amides is 2. The molecule has 2 amide bonds. The highest BCUT2D eigenvalue weighted by Crippen LogP contribution is 2.16. The minimum atomic E-state index is -0.234. The molecule has 0 saturated carbocycles. The number of benzene rings is 2. The van der Waals surface area contributed by atoms with Crippen LogP contribution < -0.4 is 10.6 Å². The molecule has 25 heavy (non-hydrogen) atoms. The Kier molecular flexibility index (Phi) is 6.77. The fourth-order valence-corrected chi connectivity index (χ4v) is 2.63. The summed E-state index contributed by atoms with van der Waals surface area (Å²) in [5.41, 5.74) is 1.72. The van der Waals surface area contributed by atoms with E-state index in [-0.39, 0.29) is 30.4 Å². The average molecular weight is 356 g/mol. The first-order chi connectivity index (χ1) is 12.0. The lowest BCUT2D eigenvalue weighted by molar-refractivity contribution is -0.116. The van der Waals surface area contributed by atoms with Gasteiger partial charge in [-0.15, -0.1) is 11.8 Å². The second-order valence-corrected chi connectivity index (χ2v) is 6.24. The number of thioether (sulfide) groups is 1. The first-order valence-corrected chi connectivity index (χ1v) is 9.05. The van der Waals surface area contributed by atoms with Crippen LogP contribution >= 0.6 is 11.8 Å². The van der Waals surface area contributed by atoms with E-state index < -0.39 is 0 Å². The molecule has 0 fully saturated rings. The van der Waals surface area contributed by atoms with Gasteiger partial charge in [-0.1, -0.05) is 12.1 Å². The normalized spacial score (nSPS) is 10.2. The minimum Gasteiger partial charge on any atom is -0.355 e. The van der Waals surface area contributed by atoms with Gasteiger partial charge in [0.05, 0.1) is 0 Å². The lowest BCUT2D eigenvalue weighted by Gasteiger charge is -2.06. The van der Waals surface area contributed by atoms with E-state index in [1.165, 1.54) is 0 Å². The molecule has 0 atom stereocenters. The molecule has 130 valence electrons. The number of rotatable bonds is 7. The Morgan fingerprint density at radius 1 is 0.880 bits per heavy atom. The van der Waals surface area contributed by atoms with Crippen LogP contribution in [0.4, 0.5) is 5.69 Å². The predicted molar refractivity (Wildman–Crippen MR) is 100 cm³/mol. The summed E-state index contributed by atoms with van der Waals surface area (Å²) in [5, 5.41) is 5.26. The van der Waals surface area contributed by atoms with Crippen LogP contribution in [0.25, 0.3) is 0 Å². The lowest BCUT2D eigenvalue weighted by Crippen LogP contribution is -2.18. The average Bonchev–Trinajstić information content (AvgIpc) is 2.66. The molecule has 0 heterocycles. The number of carbonyl (C=O) groups is 3. The van der Waals surface area contributed by atoms with Crippen LogP contribution in [0.3, 0.4) is 0 Å². The molecule has 0 unspecified atom stereocenters. The van der Waals surface area contributed by atoms with Crippen LogP contribution in [-0.2, 0) is 4.79 Å². The van der Waals surface area contributed by atoms with Crippen molar-refractivity contribution in [1.82, 2.24) is 5.32 Å². The van der Waals surface area contributed by atoms with E-state index in [1.807, 2.05) is 18.4 Å². The summed E-state index contributed by atoms with van der Waals surface area (Å²) in [6, 6.07) is 13.9. The third-order valence-corrected chi connectivity index (χ3v) is 4.39. The van der Waals surface area contributed by atoms with Gasteiger partial charge in [-0.05, 0) is 42.7 Å². The van der Waals surface area contributed by atoms with Gasteiger partial charge >= 0.3 is 0 Å². The fraction of sp³-hybridized carbons (Fsp3) is 0.211. The van der Waals surface area contributed by atoms with Gasteiger partial charge in [0, 0.05) is 41.6 Å². The van der Waals surface area contributed by atoms with Crippen LogP contribution in [0.15, 0.2) is 53.4 Å². The van der Waals surface area contributed by atoms with Gasteiger partial charge in [-0.25, -0.2) is 0 Å². The number of Topliss-reactive ketones (excluding diaryl/α,β-unsaturated/α-hetero) is 1. The van der Waals surface area contributed by atoms with Gasteiger partial charge in [-0.2, -0.15) is 0 Å². The quantitative estimate of drug-likeness (QED) is 0.589. The molecule has 2 aromatic rings. The standard InChI is InChI=1S/C19H20N2O3S/c1-20-19(24)14-3-7-15(8-4-14)21-18(23)12-11-17(22)13-5-9-16(25-2)10-6-13/h3-10H,11-12H2,1-2H3,(H,20,24)(H,21,23). The molecule has 0 spiro atoms. The molecule has 0 aliphatic rings. The summed E-state index contributed by atoms with van der Waals surface area (Å²) in [7, 11) is 1.56. The Balaban J connectivity index is 1.85. The van der Waals surface area contributed by atoms with E-state index in [0.717, 1.165) is 4.90 Å².